The Bertz CT molecular complexity index is 21.5. The smallest absolute Gasteiger partial charge is 0.101 e. The largest absolute Gasteiger partial charge is 0.412 e. The van der Waals surface area contributed by atoms with Gasteiger partial charge in [-0.25, -0.2) is 0 Å². The minimum absolute atomic E-state index is 0. The summed E-state index contributed by atoms with van der Waals surface area (Å²) >= 11 is 0. The van der Waals surface area contributed by atoms with Gasteiger partial charge in [0.2, 0.25) is 0 Å². The molecule has 54 valence electrons. The fraction of sp³-hybridized carbons (Fsp3) is 1.00. The van der Waals surface area contributed by atoms with Crippen LogP contribution < -0.4 is 0 Å². The standard InChI is InChI=1S/C4H11B.ClH.2H2O/c1-2-3-4-5;;;/h2-5H2,1H3;1H;2*1H2. The average Bonchev–Trinajstić information content (AvgIpc) is 1.41. The van der Waals surface area contributed by atoms with Gasteiger partial charge in [-0.1, -0.05) is 26.1 Å². The minimum Gasteiger partial charge on any atom is -0.412 e. The summed E-state index contributed by atoms with van der Waals surface area (Å²) in [5.41, 5.74) is 0. The van der Waals surface area contributed by atoms with Crippen LogP contribution >= 0.6 is 12.4 Å². The van der Waals surface area contributed by atoms with Gasteiger partial charge in [0.05, 0.1) is 0 Å². The first-order chi connectivity index (χ1) is 2.41. The fourth-order valence-corrected chi connectivity index (χ4v) is 0.354. The fourth-order valence-electron chi connectivity index (χ4n) is 0.354. The number of halogens is 1. The zero-order valence-electron chi connectivity index (χ0n) is 5.53. The van der Waals surface area contributed by atoms with E-state index in [1.165, 1.54) is 19.2 Å². The lowest BCUT2D eigenvalue weighted by Crippen LogP contribution is -1.63. The van der Waals surface area contributed by atoms with E-state index in [-0.39, 0.29) is 23.4 Å². The van der Waals surface area contributed by atoms with Gasteiger partial charge in [-0.15, -0.1) is 12.4 Å². The topological polar surface area (TPSA) is 63.0 Å². The van der Waals surface area contributed by atoms with Gasteiger partial charge in [-0.2, -0.15) is 0 Å². The Kier molecular flexibility index (Phi) is 80.0. The van der Waals surface area contributed by atoms with Crippen molar-refractivity contribution in [2.45, 2.75) is 26.1 Å². The predicted octanol–water partition coefficient (Wildman–Crippen LogP) is -0.390. The SMILES string of the molecule is BCCCC.Cl.O.O. The maximum Gasteiger partial charge on any atom is 0.101 e. The summed E-state index contributed by atoms with van der Waals surface area (Å²) < 4.78 is 0. The lowest BCUT2D eigenvalue weighted by atomic mass is 10.0. The molecule has 8 heavy (non-hydrogen) atoms. The van der Waals surface area contributed by atoms with Crippen molar-refractivity contribution < 1.29 is 11.0 Å². The van der Waals surface area contributed by atoms with E-state index in [2.05, 4.69) is 14.8 Å². The summed E-state index contributed by atoms with van der Waals surface area (Å²) in [5, 5.41) is 0. The Morgan fingerprint density at radius 1 is 1.25 bits per heavy atom. The van der Waals surface area contributed by atoms with E-state index < -0.39 is 0 Å². The van der Waals surface area contributed by atoms with E-state index in [9.17, 15) is 0 Å². The van der Waals surface area contributed by atoms with Crippen LogP contribution in [0.4, 0.5) is 0 Å². The van der Waals surface area contributed by atoms with Gasteiger partial charge in [0.1, 0.15) is 7.85 Å². The van der Waals surface area contributed by atoms with E-state index in [1.54, 1.807) is 0 Å². The third-order valence-corrected chi connectivity index (χ3v) is 0.707. The van der Waals surface area contributed by atoms with Crippen molar-refractivity contribution in [1.29, 1.82) is 0 Å². The lowest BCUT2D eigenvalue weighted by molar-refractivity contribution is 0.823. The molecule has 0 saturated heterocycles. The first-order valence-corrected chi connectivity index (χ1v) is 2.41. The van der Waals surface area contributed by atoms with Crippen LogP contribution in [0.1, 0.15) is 19.8 Å². The van der Waals surface area contributed by atoms with Gasteiger partial charge in [0, 0.05) is 0 Å². The molecule has 0 aromatic heterocycles. The monoisotopic (exact) mass is 142 g/mol. The molecule has 2 nitrogen and oxygen atoms in total. The normalized spacial score (nSPS) is 5.12. The van der Waals surface area contributed by atoms with Gasteiger partial charge in [-0.05, 0) is 0 Å². The lowest BCUT2D eigenvalue weighted by Gasteiger charge is -1.78. The summed E-state index contributed by atoms with van der Waals surface area (Å²) in [6, 6.07) is 0. The summed E-state index contributed by atoms with van der Waals surface area (Å²) in [4.78, 5) is 0. The van der Waals surface area contributed by atoms with Crippen molar-refractivity contribution in [3.63, 3.8) is 0 Å². The Labute approximate surface area is 58.1 Å². The van der Waals surface area contributed by atoms with E-state index in [0.29, 0.717) is 0 Å². The van der Waals surface area contributed by atoms with Crippen LogP contribution in [0.25, 0.3) is 0 Å². The molecule has 0 aromatic rings. The Balaban J connectivity index is -0.0000000267. The average molecular weight is 142 g/mol. The van der Waals surface area contributed by atoms with Crippen LogP contribution in [0.15, 0.2) is 0 Å². The highest BCUT2D eigenvalue weighted by molar-refractivity contribution is 6.08. The molecule has 0 bridgehead atoms. The molecule has 0 aliphatic heterocycles. The second-order valence-corrected chi connectivity index (χ2v) is 1.35. The molecular formula is C4H16BClO2. The van der Waals surface area contributed by atoms with Crippen LogP contribution in [-0.4, -0.2) is 18.8 Å². The third-order valence-electron chi connectivity index (χ3n) is 0.707. The molecular weight excluding hydrogens is 126 g/mol. The van der Waals surface area contributed by atoms with Crippen LogP contribution in [-0.2, 0) is 0 Å². The number of unbranched alkanes of at least 4 members (excludes halogenated alkanes) is 1. The molecule has 0 spiro atoms. The minimum atomic E-state index is 0. The molecule has 0 amide bonds. The van der Waals surface area contributed by atoms with Crippen molar-refractivity contribution in [2.24, 2.45) is 0 Å². The van der Waals surface area contributed by atoms with Crippen LogP contribution in [0.3, 0.4) is 0 Å². The molecule has 4 heteroatoms. The van der Waals surface area contributed by atoms with Crippen molar-refractivity contribution >= 4 is 20.3 Å². The molecule has 0 aromatic carbocycles. The highest BCUT2D eigenvalue weighted by Gasteiger charge is 1.68. The first-order valence-electron chi connectivity index (χ1n) is 2.41. The first kappa shape index (κ1) is 24.0. The summed E-state index contributed by atoms with van der Waals surface area (Å²) in [6.45, 7) is 2.21. The molecule has 0 unspecified atom stereocenters. The number of rotatable bonds is 2. The molecule has 0 aliphatic rings. The van der Waals surface area contributed by atoms with E-state index in [0.717, 1.165) is 0 Å². The zero-order valence-corrected chi connectivity index (χ0v) is 6.35. The third kappa shape index (κ3) is 33.7. The maximum atomic E-state index is 2.21. The second kappa shape index (κ2) is 26.7. The Morgan fingerprint density at radius 2 is 1.62 bits per heavy atom. The van der Waals surface area contributed by atoms with E-state index >= 15 is 0 Å². The van der Waals surface area contributed by atoms with Crippen molar-refractivity contribution in [3.8, 4) is 0 Å². The van der Waals surface area contributed by atoms with Crippen molar-refractivity contribution in [1.82, 2.24) is 0 Å². The van der Waals surface area contributed by atoms with Gasteiger partial charge in [0.15, 0.2) is 0 Å². The molecule has 0 rings (SSSR count). The van der Waals surface area contributed by atoms with Crippen molar-refractivity contribution in [2.75, 3.05) is 0 Å². The van der Waals surface area contributed by atoms with E-state index in [4.69, 9.17) is 0 Å². The van der Waals surface area contributed by atoms with Gasteiger partial charge < -0.3 is 11.0 Å². The predicted molar refractivity (Wildman–Crippen MR) is 42.7 cm³/mol. The number of hydrogen-bond donors (Lipinski definition) is 0. The van der Waals surface area contributed by atoms with Crippen LogP contribution in [0.2, 0.25) is 6.32 Å². The zero-order chi connectivity index (χ0) is 4.12. The molecule has 0 heterocycles. The molecule has 0 radical (unpaired) electrons. The summed E-state index contributed by atoms with van der Waals surface area (Å²) in [5.74, 6) is 0. The quantitative estimate of drug-likeness (QED) is 0.472. The van der Waals surface area contributed by atoms with E-state index in [1.807, 2.05) is 0 Å². The Morgan fingerprint density at radius 3 is 1.62 bits per heavy atom. The molecule has 0 aliphatic carbocycles. The molecule has 0 fully saturated rings. The van der Waals surface area contributed by atoms with Gasteiger partial charge >= 0.3 is 0 Å². The Hall–Kier alpha value is 0.275. The molecule has 0 atom stereocenters. The van der Waals surface area contributed by atoms with Gasteiger partial charge in [-0.3, -0.25) is 0 Å². The summed E-state index contributed by atoms with van der Waals surface area (Å²) in [6.07, 6.45) is 4.08. The van der Waals surface area contributed by atoms with Crippen molar-refractivity contribution in [3.05, 3.63) is 0 Å². The highest BCUT2D eigenvalue weighted by atomic mass is 35.5. The maximum absolute atomic E-state index is 2.21. The van der Waals surface area contributed by atoms with Crippen LogP contribution in [0, 0.1) is 0 Å². The molecule has 0 saturated carbocycles. The molecule has 4 N–H and O–H groups in total. The summed E-state index contributed by atoms with van der Waals surface area (Å²) in [7, 11) is 2.21. The highest BCUT2D eigenvalue weighted by Crippen LogP contribution is 1.86. The van der Waals surface area contributed by atoms with Gasteiger partial charge in [0.25, 0.3) is 0 Å². The number of hydrogen-bond acceptors (Lipinski definition) is 0. The van der Waals surface area contributed by atoms with Crippen LogP contribution in [0.5, 0.6) is 0 Å². The second-order valence-electron chi connectivity index (χ2n) is 1.35.